The van der Waals surface area contributed by atoms with Crippen LogP contribution in [0.5, 0.6) is 0 Å². The molecule has 0 bridgehead atoms. The van der Waals surface area contributed by atoms with Gasteiger partial charge < -0.3 is 9.32 Å². The molecule has 0 aromatic carbocycles. The zero-order valence-corrected chi connectivity index (χ0v) is 10.0. The topological polar surface area (TPSA) is 33.5 Å². The Bertz CT molecular complexity index is 335. The molecule has 0 saturated carbocycles. The van der Waals surface area contributed by atoms with Crippen molar-refractivity contribution in [1.29, 1.82) is 0 Å². The number of amides is 1. The molecule has 0 saturated heterocycles. The maximum Gasteiger partial charge on any atom is 0.257 e. The minimum absolute atomic E-state index is 0.0266. The first-order valence-corrected chi connectivity index (χ1v) is 5.54. The third-order valence-corrected chi connectivity index (χ3v) is 2.95. The van der Waals surface area contributed by atoms with Gasteiger partial charge in [0, 0.05) is 25.4 Å². The highest BCUT2D eigenvalue weighted by Gasteiger charge is 2.20. The summed E-state index contributed by atoms with van der Waals surface area (Å²) in [6.07, 6.45) is 2.27. The van der Waals surface area contributed by atoms with Crippen molar-refractivity contribution in [2.45, 2.75) is 26.3 Å². The Balaban J connectivity index is 2.84. The lowest BCUT2D eigenvalue weighted by atomic mass is 10.2. The number of nitrogens with zero attached hydrogens (tertiary/aromatic N) is 1. The summed E-state index contributed by atoms with van der Waals surface area (Å²) in [5.74, 6) is 1.13. The fourth-order valence-electron chi connectivity index (χ4n) is 1.30. The van der Waals surface area contributed by atoms with Crippen LogP contribution in [-0.4, -0.2) is 29.8 Å². The molecule has 0 fully saturated rings. The molecule has 1 aromatic heterocycles. The average molecular weight is 230 g/mol. The molecular formula is C11H16ClNO2. The molecule has 1 rings (SSSR count). The number of halogens is 1. The van der Waals surface area contributed by atoms with E-state index in [-0.39, 0.29) is 11.9 Å². The summed E-state index contributed by atoms with van der Waals surface area (Å²) in [6.45, 7) is 3.87. The van der Waals surface area contributed by atoms with Crippen molar-refractivity contribution in [3.05, 3.63) is 23.7 Å². The van der Waals surface area contributed by atoms with Gasteiger partial charge in [-0.05, 0) is 13.0 Å². The van der Waals surface area contributed by atoms with E-state index in [4.69, 9.17) is 16.0 Å². The van der Waals surface area contributed by atoms with Crippen LogP contribution in [0.2, 0.25) is 0 Å². The summed E-state index contributed by atoms with van der Waals surface area (Å²) in [4.78, 5) is 13.6. The van der Waals surface area contributed by atoms with Crippen LogP contribution in [0.25, 0.3) is 0 Å². The number of rotatable bonds is 4. The molecule has 15 heavy (non-hydrogen) atoms. The van der Waals surface area contributed by atoms with Gasteiger partial charge in [-0.3, -0.25) is 4.79 Å². The van der Waals surface area contributed by atoms with E-state index in [1.54, 1.807) is 24.3 Å². The fraction of sp³-hybridized carbons (Fsp3) is 0.545. The quantitative estimate of drug-likeness (QED) is 0.744. The molecule has 0 N–H and O–H groups in total. The first-order chi connectivity index (χ1) is 7.11. The predicted octanol–water partition coefficient (Wildman–Crippen LogP) is 2.54. The van der Waals surface area contributed by atoms with Crippen molar-refractivity contribution in [3.63, 3.8) is 0 Å². The number of aryl methyl sites for hydroxylation is 1. The van der Waals surface area contributed by atoms with Crippen LogP contribution in [0, 0.1) is 0 Å². The minimum atomic E-state index is -0.0336. The standard InChI is InChI=1S/C11H16ClNO2/c1-4-10-9(5-6-15-10)11(14)13(3)8(2)7-12/h5-6,8H,4,7H2,1-3H3. The van der Waals surface area contributed by atoms with E-state index in [2.05, 4.69) is 0 Å². The molecule has 1 atom stereocenters. The van der Waals surface area contributed by atoms with E-state index in [0.717, 1.165) is 12.2 Å². The first-order valence-electron chi connectivity index (χ1n) is 5.01. The summed E-state index contributed by atoms with van der Waals surface area (Å²) in [5.41, 5.74) is 0.636. The minimum Gasteiger partial charge on any atom is -0.469 e. The third-order valence-electron chi connectivity index (χ3n) is 2.50. The van der Waals surface area contributed by atoms with Gasteiger partial charge in [-0.1, -0.05) is 6.92 Å². The summed E-state index contributed by atoms with van der Waals surface area (Å²) in [7, 11) is 1.75. The predicted molar refractivity (Wildman–Crippen MR) is 60.4 cm³/mol. The Labute approximate surface area is 95.0 Å². The van der Waals surface area contributed by atoms with Gasteiger partial charge in [0.1, 0.15) is 5.76 Å². The van der Waals surface area contributed by atoms with E-state index >= 15 is 0 Å². The van der Waals surface area contributed by atoms with Crippen LogP contribution in [-0.2, 0) is 6.42 Å². The second-order valence-corrected chi connectivity index (χ2v) is 3.84. The maximum absolute atomic E-state index is 12.0. The Morgan fingerprint density at radius 3 is 2.87 bits per heavy atom. The molecule has 0 aliphatic rings. The van der Waals surface area contributed by atoms with E-state index in [1.807, 2.05) is 13.8 Å². The molecule has 1 heterocycles. The van der Waals surface area contributed by atoms with Gasteiger partial charge in [0.05, 0.1) is 11.8 Å². The SMILES string of the molecule is CCc1occc1C(=O)N(C)C(C)CCl. The summed E-state index contributed by atoms with van der Waals surface area (Å²) >= 11 is 5.71. The molecule has 0 spiro atoms. The Hall–Kier alpha value is -0.960. The molecule has 0 aliphatic heterocycles. The Kier molecular flexibility index (Phi) is 4.21. The Morgan fingerprint density at radius 2 is 2.33 bits per heavy atom. The zero-order chi connectivity index (χ0) is 11.4. The summed E-state index contributed by atoms with van der Waals surface area (Å²) in [6, 6.07) is 1.73. The third kappa shape index (κ3) is 2.53. The van der Waals surface area contributed by atoms with E-state index in [0.29, 0.717) is 11.4 Å². The lowest BCUT2D eigenvalue weighted by Gasteiger charge is -2.22. The van der Waals surface area contributed by atoms with Crippen LogP contribution in [0.3, 0.4) is 0 Å². The van der Waals surface area contributed by atoms with Crippen LogP contribution in [0.1, 0.15) is 30.0 Å². The van der Waals surface area contributed by atoms with Gasteiger partial charge in [-0.2, -0.15) is 0 Å². The van der Waals surface area contributed by atoms with Crippen LogP contribution in [0.15, 0.2) is 16.7 Å². The van der Waals surface area contributed by atoms with Gasteiger partial charge in [0.15, 0.2) is 0 Å². The molecule has 1 aromatic rings. The second-order valence-electron chi connectivity index (χ2n) is 3.53. The maximum atomic E-state index is 12.0. The average Bonchev–Trinajstić information content (AvgIpc) is 2.73. The lowest BCUT2D eigenvalue weighted by Crippen LogP contribution is -2.36. The second kappa shape index (κ2) is 5.21. The number of carbonyl (C=O) groups excluding carboxylic acids is 1. The van der Waals surface area contributed by atoms with Gasteiger partial charge in [0.2, 0.25) is 0 Å². The number of hydrogen-bond acceptors (Lipinski definition) is 2. The molecule has 4 heteroatoms. The van der Waals surface area contributed by atoms with Crippen molar-refractivity contribution in [2.75, 3.05) is 12.9 Å². The van der Waals surface area contributed by atoms with Crippen LogP contribution in [0.4, 0.5) is 0 Å². The Morgan fingerprint density at radius 1 is 1.67 bits per heavy atom. The van der Waals surface area contributed by atoms with Crippen molar-refractivity contribution >= 4 is 17.5 Å². The molecule has 1 amide bonds. The highest BCUT2D eigenvalue weighted by Crippen LogP contribution is 2.14. The summed E-state index contributed by atoms with van der Waals surface area (Å²) in [5, 5.41) is 0. The van der Waals surface area contributed by atoms with Crippen molar-refractivity contribution in [3.8, 4) is 0 Å². The van der Waals surface area contributed by atoms with Gasteiger partial charge in [-0.15, -0.1) is 11.6 Å². The summed E-state index contributed by atoms with van der Waals surface area (Å²) < 4.78 is 5.22. The molecule has 1 unspecified atom stereocenters. The van der Waals surface area contributed by atoms with Crippen LogP contribution < -0.4 is 0 Å². The number of carbonyl (C=O) groups is 1. The molecule has 0 radical (unpaired) electrons. The van der Waals surface area contributed by atoms with Gasteiger partial charge in [-0.25, -0.2) is 0 Å². The normalized spacial score (nSPS) is 12.5. The van der Waals surface area contributed by atoms with Gasteiger partial charge >= 0.3 is 0 Å². The van der Waals surface area contributed by atoms with Crippen molar-refractivity contribution in [1.82, 2.24) is 4.90 Å². The highest BCUT2D eigenvalue weighted by molar-refractivity contribution is 6.18. The monoisotopic (exact) mass is 229 g/mol. The molecular weight excluding hydrogens is 214 g/mol. The smallest absolute Gasteiger partial charge is 0.257 e. The fourth-order valence-corrected chi connectivity index (χ4v) is 1.51. The molecule has 0 aliphatic carbocycles. The first kappa shape index (κ1) is 12.1. The highest BCUT2D eigenvalue weighted by atomic mass is 35.5. The zero-order valence-electron chi connectivity index (χ0n) is 9.29. The molecule has 3 nitrogen and oxygen atoms in total. The largest absolute Gasteiger partial charge is 0.469 e. The number of hydrogen-bond donors (Lipinski definition) is 0. The van der Waals surface area contributed by atoms with Crippen LogP contribution >= 0.6 is 11.6 Å². The van der Waals surface area contributed by atoms with Crippen molar-refractivity contribution in [2.24, 2.45) is 0 Å². The van der Waals surface area contributed by atoms with E-state index in [1.165, 1.54) is 0 Å². The van der Waals surface area contributed by atoms with E-state index < -0.39 is 0 Å². The van der Waals surface area contributed by atoms with Crippen molar-refractivity contribution < 1.29 is 9.21 Å². The van der Waals surface area contributed by atoms with E-state index in [9.17, 15) is 4.79 Å². The lowest BCUT2D eigenvalue weighted by molar-refractivity contribution is 0.0754. The van der Waals surface area contributed by atoms with Gasteiger partial charge in [0.25, 0.3) is 5.91 Å². The molecule has 84 valence electrons. The number of alkyl halides is 1. The number of furan rings is 1.